The summed E-state index contributed by atoms with van der Waals surface area (Å²) in [6, 6.07) is 6.28. The van der Waals surface area contributed by atoms with Crippen molar-refractivity contribution in [3.63, 3.8) is 0 Å². The number of rotatable bonds is 2. The zero-order chi connectivity index (χ0) is 11.7. The van der Waals surface area contributed by atoms with Gasteiger partial charge in [-0.15, -0.1) is 0 Å². The molecule has 2 nitrogen and oxygen atoms in total. The van der Waals surface area contributed by atoms with E-state index in [9.17, 15) is 8.42 Å². The lowest BCUT2D eigenvalue weighted by molar-refractivity contribution is 0.462. The van der Waals surface area contributed by atoms with Crippen LogP contribution < -0.4 is 0 Å². The van der Waals surface area contributed by atoms with Crippen LogP contribution in [-0.4, -0.2) is 14.2 Å². The van der Waals surface area contributed by atoms with E-state index in [1.807, 2.05) is 20.8 Å². The molecule has 4 heteroatoms. The van der Waals surface area contributed by atoms with Crippen LogP contribution in [0.2, 0.25) is 5.02 Å². The molecule has 1 rings (SSSR count). The van der Waals surface area contributed by atoms with E-state index in [-0.39, 0.29) is 11.2 Å². The van der Waals surface area contributed by atoms with Crippen molar-refractivity contribution in [1.82, 2.24) is 0 Å². The molecule has 0 aliphatic heterocycles. The molecule has 0 bridgehead atoms. The molecule has 0 heterocycles. The van der Waals surface area contributed by atoms with Gasteiger partial charge in [-0.05, 0) is 29.7 Å². The van der Waals surface area contributed by atoms with Crippen molar-refractivity contribution >= 4 is 21.4 Å². The highest BCUT2D eigenvalue weighted by atomic mass is 35.5. The maximum absolute atomic E-state index is 11.9. The van der Waals surface area contributed by atoms with E-state index in [1.54, 1.807) is 24.3 Å². The number of hydrogen-bond donors (Lipinski definition) is 0. The highest BCUT2D eigenvalue weighted by molar-refractivity contribution is 7.91. The SMILES string of the molecule is CC(C)(C)CS(=O)(=O)c1ccc(Cl)cc1. The molecule has 15 heavy (non-hydrogen) atoms. The molecule has 0 aliphatic rings. The van der Waals surface area contributed by atoms with Crippen molar-refractivity contribution in [1.29, 1.82) is 0 Å². The van der Waals surface area contributed by atoms with Crippen LogP contribution in [0.25, 0.3) is 0 Å². The number of halogens is 1. The molecule has 0 saturated heterocycles. The van der Waals surface area contributed by atoms with Crippen LogP contribution in [0.3, 0.4) is 0 Å². The van der Waals surface area contributed by atoms with Gasteiger partial charge in [0.2, 0.25) is 0 Å². The fraction of sp³-hybridized carbons (Fsp3) is 0.455. The fourth-order valence-corrected chi connectivity index (χ4v) is 3.28. The first-order valence-corrected chi connectivity index (χ1v) is 6.72. The fourth-order valence-electron chi connectivity index (χ4n) is 1.30. The Hall–Kier alpha value is -0.540. The zero-order valence-electron chi connectivity index (χ0n) is 9.12. The minimum atomic E-state index is -3.19. The molecule has 0 unspecified atom stereocenters. The monoisotopic (exact) mass is 246 g/mol. The standard InChI is InChI=1S/C11H15ClO2S/c1-11(2,3)8-15(13,14)10-6-4-9(12)5-7-10/h4-7H,8H2,1-3H3. The second-order valence-electron chi connectivity index (χ2n) is 4.77. The molecular weight excluding hydrogens is 232 g/mol. The molecule has 84 valence electrons. The summed E-state index contributed by atoms with van der Waals surface area (Å²) in [5.41, 5.74) is -0.238. The highest BCUT2D eigenvalue weighted by Gasteiger charge is 2.23. The molecule has 0 N–H and O–H groups in total. The van der Waals surface area contributed by atoms with E-state index in [0.717, 1.165) is 0 Å². The number of sulfone groups is 1. The summed E-state index contributed by atoms with van der Waals surface area (Å²) in [4.78, 5) is 0.335. The first kappa shape index (κ1) is 12.5. The lowest BCUT2D eigenvalue weighted by Crippen LogP contribution is -2.20. The first-order valence-electron chi connectivity index (χ1n) is 4.69. The van der Waals surface area contributed by atoms with E-state index < -0.39 is 9.84 Å². The third-order valence-electron chi connectivity index (χ3n) is 1.80. The van der Waals surface area contributed by atoms with Gasteiger partial charge in [0.15, 0.2) is 9.84 Å². The molecule has 0 saturated carbocycles. The highest BCUT2D eigenvalue weighted by Crippen LogP contribution is 2.22. The van der Waals surface area contributed by atoms with Gasteiger partial charge in [0, 0.05) is 5.02 Å². The molecule has 0 aliphatic carbocycles. The number of benzene rings is 1. The Morgan fingerprint density at radius 2 is 1.60 bits per heavy atom. The van der Waals surface area contributed by atoms with Crippen LogP contribution >= 0.6 is 11.6 Å². The van der Waals surface area contributed by atoms with Crippen molar-refractivity contribution < 1.29 is 8.42 Å². The van der Waals surface area contributed by atoms with E-state index in [1.165, 1.54) is 0 Å². The molecular formula is C11H15ClO2S. The topological polar surface area (TPSA) is 34.1 Å². The summed E-state index contributed by atoms with van der Waals surface area (Å²) in [6.45, 7) is 5.71. The lowest BCUT2D eigenvalue weighted by atomic mass is 10.0. The first-order chi connectivity index (χ1) is 6.71. The Morgan fingerprint density at radius 1 is 1.13 bits per heavy atom. The average Bonchev–Trinajstić information content (AvgIpc) is 2.00. The van der Waals surface area contributed by atoms with Gasteiger partial charge in [0.05, 0.1) is 10.6 Å². The molecule has 0 aromatic heterocycles. The summed E-state index contributed by atoms with van der Waals surface area (Å²) in [5, 5.41) is 0.546. The molecule has 1 aromatic carbocycles. The Labute approximate surface area is 96.2 Å². The van der Waals surface area contributed by atoms with Crippen molar-refractivity contribution in [3.05, 3.63) is 29.3 Å². The van der Waals surface area contributed by atoms with Crippen LogP contribution in [0, 0.1) is 5.41 Å². The molecule has 0 amide bonds. The minimum Gasteiger partial charge on any atom is -0.224 e. The van der Waals surface area contributed by atoms with Gasteiger partial charge in [-0.3, -0.25) is 0 Å². The largest absolute Gasteiger partial charge is 0.224 e. The van der Waals surface area contributed by atoms with Crippen molar-refractivity contribution in [2.75, 3.05) is 5.75 Å². The van der Waals surface area contributed by atoms with E-state index in [0.29, 0.717) is 9.92 Å². The van der Waals surface area contributed by atoms with Crippen molar-refractivity contribution in [2.45, 2.75) is 25.7 Å². The summed E-state index contributed by atoms with van der Waals surface area (Å²) >= 11 is 5.70. The smallest absolute Gasteiger partial charge is 0.178 e. The van der Waals surface area contributed by atoms with Gasteiger partial charge >= 0.3 is 0 Å². The second-order valence-corrected chi connectivity index (χ2v) is 7.20. The van der Waals surface area contributed by atoms with Gasteiger partial charge in [-0.25, -0.2) is 8.42 Å². The summed E-state index contributed by atoms with van der Waals surface area (Å²) < 4.78 is 23.8. The third-order valence-corrected chi connectivity index (χ3v) is 4.28. The van der Waals surface area contributed by atoms with Gasteiger partial charge in [-0.2, -0.15) is 0 Å². The van der Waals surface area contributed by atoms with E-state index in [4.69, 9.17) is 11.6 Å². The van der Waals surface area contributed by atoms with Crippen LogP contribution in [-0.2, 0) is 9.84 Å². The Bertz CT molecular complexity index is 427. The Morgan fingerprint density at radius 3 is 2.00 bits per heavy atom. The third kappa shape index (κ3) is 3.84. The molecule has 0 radical (unpaired) electrons. The van der Waals surface area contributed by atoms with Gasteiger partial charge in [0.25, 0.3) is 0 Å². The predicted molar refractivity (Wildman–Crippen MR) is 63.0 cm³/mol. The summed E-state index contributed by atoms with van der Waals surface area (Å²) in [7, 11) is -3.19. The second kappa shape index (κ2) is 4.14. The van der Waals surface area contributed by atoms with Crippen LogP contribution in [0.5, 0.6) is 0 Å². The normalized spacial score (nSPS) is 12.8. The Balaban J connectivity index is 3.02. The van der Waals surface area contributed by atoms with Gasteiger partial charge < -0.3 is 0 Å². The van der Waals surface area contributed by atoms with E-state index in [2.05, 4.69) is 0 Å². The van der Waals surface area contributed by atoms with Crippen molar-refractivity contribution in [2.24, 2.45) is 5.41 Å². The lowest BCUT2D eigenvalue weighted by Gasteiger charge is -2.17. The maximum Gasteiger partial charge on any atom is 0.178 e. The summed E-state index contributed by atoms with van der Waals surface area (Å²) in [5.74, 6) is 0.141. The Kier molecular flexibility index (Phi) is 3.46. The van der Waals surface area contributed by atoms with Crippen LogP contribution in [0.4, 0.5) is 0 Å². The average molecular weight is 247 g/mol. The maximum atomic E-state index is 11.9. The van der Waals surface area contributed by atoms with E-state index >= 15 is 0 Å². The minimum absolute atomic E-state index is 0.141. The van der Waals surface area contributed by atoms with Gasteiger partial charge in [-0.1, -0.05) is 32.4 Å². The molecule has 0 spiro atoms. The molecule has 0 fully saturated rings. The van der Waals surface area contributed by atoms with Crippen LogP contribution in [0.1, 0.15) is 20.8 Å². The van der Waals surface area contributed by atoms with Crippen LogP contribution in [0.15, 0.2) is 29.2 Å². The molecule has 0 atom stereocenters. The number of hydrogen-bond acceptors (Lipinski definition) is 2. The summed E-state index contributed by atoms with van der Waals surface area (Å²) in [6.07, 6.45) is 0. The van der Waals surface area contributed by atoms with Crippen molar-refractivity contribution in [3.8, 4) is 0 Å². The van der Waals surface area contributed by atoms with Gasteiger partial charge in [0.1, 0.15) is 0 Å². The quantitative estimate of drug-likeness (QED) is 0.803. The molecule has 1 aromatic rings. The zero-order valence-corrected chi connectivity index (χ0v) is 10.7. The predicted octanol–water partition coefficient (Wildman–Crippen LogP) is 3.16.